The topological polar surface area (TPSA) is 71.5 Å². The molecule has 4 aromatic rings. The van der Waals surface area contributed by atoms with Crippen LogP contribution in [0.25, 0.3) is 0 Å². The molecule has 8 heteroatoms. The Morgan fingerprint density at radius 2 is 1.92 bits per heavy atom. The van der Waals surface area contributed by atoms with Crippen LogP contribution in [0.2, 0.25) is 5.02 Å². The van der Waals surface area contributed by atoms with Crippen molar-refractivity contribution in [2.45, 2.75) is 42.2 Å². The highest BCUT2D eigenvalue weighted by Crippen LogP contribution is 2.44. The van der Waals surface area contributed by atoms with Crippen LogP contribution in [-0.4, -0.2) is 16.0 Å². The number of nitrogens with zero attached hydrogens (tertiary/aromatic N) is 1. The lowest BCUT2D eigenvalue weighted by Gasteiger charge is -2.38. The second-order valence-electron chi connectivity index (χ2n) is 9.42. The van der Waals surface area contributed by atoms with Crippen LogP contribution < -0.4 is 10.1 Å². The third kappa shape index (κ3) is 4.70. The number of nitrogens with one attached hydrogen (secondary N) is 1. The number of carbonyl (C=O) groups excluding carboxylic acids is 1. The van der Waals surface area contributed by atoms with Gasteiger partial charge in [-0.3, -0.25) is 4.79 Å². The van der Waals surface area contributed by atoms with E-state index in [0.29, 0.717) is 21.5 Å². The van der Waals surface area contributed by atoms with Crippen molar-refractivity contribution in [3.8, 4) is 5.88 Å². The van der Waals surface area contributed by atoms with E-state index in [1.807, 2.05) is 59.3 Å². The molecule has 6 rings (SSSR count). The molecule has 192 valence electrons. The number of benzene rings is 2. The van der Waals surface area contributed by atoms with E-state index >= 15 is 0 Å². The fourth-order valence-corrected chi connectivity index (χ4v) is 7.03. The number of rotatable bonds is 6. The summed E-state index contributed by atoms with van der Waals surface area (Å²) in [6.45, 7) is 0. The van der Waals surface area contributed by atoms with Crippen LogP contribution in [0.3, 0.4) is 0 Å². The van der Waals surface area contributed by atoms with E-state index in [1.165, 1.54) is 22.5 Å². The van der Waals surface area contributed by atoms with Gasteiger partial charge in [-0.25, -0.2) is 4.98 Å². The first-order valence-electron chi connectivity index (χ1n) is 12.5. The summed E-state index contributed by atoms with van der Waals surface area (Å²) in [5.74, 6) is 0.117. The van der Waals surface area contributed by atoms with Crippen molar-refractivity contribution in [1.29, 1.82) is 0 Å². The molecule has 2 unspecified atom stereocenters. The number of thiophene rings is 1. The van der Waals surface area contributed by atoms with Gasteiger partial charge in [0.25, 0.3) is 5.91 Å². The molecule has 2 N–H and O–H groups in total. The Labute approximate surface area is 234 Å². The van der Waals surface area contributed by atoms with Crippen LogP contribution in [0, 0.1) is 0 Å². The Hall–Kier alpha value is -3.26. The van der Waals surface area contributed by atoms with E-state index in [0.717, 1.165) is 36.6 Å². The van der Waals surface area contributed by atoms with Gasteiger partial charge >= 0.3 is 0 Å². The number of aryl methyl sites for hydroxylation is 1. The molecule has 2 aromatic carbocycles. The van der Waals surface area contributed by atoms with Gasteiger partial charge < -0.3 is 15.2 Å². The van der Waals surface area contributed by atoms with Crippen molar-refractivity contribution in [3.63, 3.8) is 0 Å². The quantitative estimate of drug-likeness (QED) is 0.254. The number of halogens is 1. The highest BCUT2D eigenvalue weighted by atomic mass is 35.5. The Kier molecular flexibility index (Phi) is 6.91. The van der Waals surface area contributed by atoms with E-state index < -0.39 is 5.54 Å². The Bertz CT molecular complexity index is 1520. The number of fused-ring (bicyclic) bond motifs is 1. The Morgan fingerprint density at radius 3 is 2.74 bits per heavy atom. The van der Waals surface area contributed by atoms with Crippen molar-refractivity contribution in [2.75, 3.05) is 0 Å². The standard InChI is InChI=1S/C30H25ClN2O3S2/c31-22-10-3-4-12-25(22)38-28-23(34)17-30(33-29(28)35,20-15-16-37-18-20)26-13-6-14-27(32-26)36-24-11-5-8-19-7-1-2-9-21(19)24/h1-4,6-7,9-10,12-16,18,24,34H,5,8,11,17H2,(H,33,35). The lowest BCUT2D eigenvalue weighted by molar-refractivity contribution is -0.119. The molecule has 0 saturated carbocycles. The van der Waals surface area contributed by atoms with E-state index in [-0.39, 0.29) is 29.1 Å². The maximum Gasteiger partial charge on any atom is 0.262 e. The molecule has 2 aromatic heterocycles. The summed E-state index contributed by atoms with van der Waals surface area (Å²) in [5.41, 5.74) is 2.95. The molecule has 2 atom stereocenters. The summed E-state index contributed by atoms with van der Waals surface area (Å²) in [4.78, 5) is 19.3. The van der Waals surface area contributed by atoms with Crippen molar-refractivity contribution < 1.29 is 14.6 Å². The minimum atomic E-state index is -1.03. The second kappa shape index (κ2) is 10.5. The highest BCUT2D eigenvalue weighted by Gasteiger charge is 2.44. The largest absolute Gasteiger partial charge is 0.511 e. The first-order valence-corrected chi connectivity index (χ1v) is 14.6. The van der Waals surface area contributed by atoms with Gasteiger partial charge in [0.05, 0.1) is 10.7 Å². The van der Waals surface area contributed by atoms with Crippen molar-refractivity contribution >= 4 is 40.6 Å². The summed E-state index contributed by atoms with van der Waals surface area (Å²) in [7, 11) is 0. The van der Waals surface area contributed by atoms with Gasteiger partial charge in [0.2, 0.25) is 5.88 Å². The number of carbonyl (C=O) groups is 1. The summed E-state index contributed by atoms with van der Waals surface area (Å²) >= 11 is 9.01. The van der Waals surface area contributed by atoms with E-state index in [2.05, 4.69) is 23.5 Å². The minimum Gasteiger partial charge on any atom is -0.511 e. The number of pyridine rings is 1. The molecule has 1 aliphatic carbocycles. The van der Waals surface area contributed by atoms with Crippen LogP contribution in [0.1, 0.15) is 47.8 Å². The molecular weight excluding hydrogens is 536 g/mol. The molecule has 2 aliphatic rings. The smallest absolute Gasteiger partial charge is 0.262 e. The predicted octanol–water partition coefficient (Wildman–Crippen LogP) is 7.58. The minimum absolute atomic E-state index is 0.000742. The summed E-state index contributed by atoms with van der Waals surface area (Å²) in [6, 6.07) is 23.2. The van der Waals surface area contributed by atoms with Crippen LogP contribution in [0.5, 0.6) is 5.88 Å². The second-order valence-corrected chi connectivity index (χ2v) is 11.7. The molecule has 1 aliphatic heterocycles. The van der Waals surface area contributed by atoms with Gasteiger partial charge in [0.1, 0.15) is 22.3 Å². The molecule has 0 fully saturated rings. The van der Waals surface area contributed by atoms with Gasteiger partial charge in [0, 0.05) is 17.4 Å². The van der Waals surface area contributed by atoms with Crippen molar-refractivity contribution in [2.24, 2.45) is 0 Å². The maximum atomic E-state index is 13.5. The third-order valence-electron chi connectivity index (χ3n) is 7.03. The maximum absolute atomic E-state index is 13.5. The SMILES string of the molecule is O=C1NC(c2ccsc2)(c2cccc(OC3CCCc4ccccc43)n2)CC(O)=C1Sc1ccccc1Cl. The van der Waals surface area contributed by atoms with Gasteiger partial charge in [-0.1, -0.05) is 65.8 Å². The van der Waals surface area contributed by atoms with E-state index in [4.69, 9.17) is 21.3 Å². The van der Waals surface area contributed by atoms with Gasteiger partial charge in [-0.05, 0) is 71.0 Å². The first kappa shape index (κ1) is 25.0. The molecule has 0 spiro atoms. The summed E-state index contributed by atoms with van der Waals surface area (Å²) < 4.78 is 6.43. The van der Waals surface area contributed by atoms with Gasteiger partial charge in [-0.15, -0.1) is 0 Å². The zero-order valence-corrected chi connectivity index (χ0v) is 22.8. The molecule has 3 heterocycles. The highest BCUT2D eigenvalue weighted by molar-refractivity contribution is 8.04. The average Bonchev–Trinajstić information content (AvgIpc) is 3.48. The number of aliphatic hydroxyl groups is 1. The number of thioether (sulfide) groups is 1. The number of ether oxygens (including phenoxy) is 1. The number of aromatic nitrogens is 1. The monoisotopic (exact) mass is 560 g/mol. The number of hydrogen-bond acceptors (Lipinski definition) is 6. The fraction of sp³-hybridized carbons (Fsp3) is 0.200. The van der Waals surface area contributed by atoms with Gasteiger partial charge in [0.15, 0.2) is 0 Å². The average molecular weight is 561 g/mol. The van der Waals surface area contributed by atoms with Crippen molar-refractivity contribution in [1.82, 2.24) is 10.3 Å². The molecule has 0 saturated heterocycles. The lowest BCUT2D eigenvalue weighted by Crippen LogP contribution is -2.50. The number of hydrogen-bond donors (Lipinski definition) is 2. The number of aliphatic hydroxyl groups excluding tert-OH is 1. The molecule has 0 radical (unpaired) electrons. The number of amides is 1. The summed E-state index contributed by atoms with van der Waals surface area (Å²) in [6.07, 6.45) is 3.11. The van der Waals surface area contributed by atoms with Crippen LogP contribution in [0.4, 0.5) is 0 Å². The summed E-state index contributed by atoms with van der Waals surface area (Å²) in [5, 5.41) is 18.9. The fourth-order valence-electron chi connectivity index (χ4n) is 5.18. The van der Waals surface area contributed by atoms with Crippen LogP contribution >= 0.6 is 34.7 Å². The Balaban J connectivity index is 1.35. The first-order chi connectivity index (χ1) is 18.5. The molecular formula is C30H25ClN2O3S2. The Morgan fingerprint density at radius 1 is 1.08 bits per heavy atom. The molecule has 38 heavy (non-hydrogen) atoms. The normalized spacial score (nSPS) is 21.1. The van der Waals surface area contributed by atoms with Crippen LogP contribution in [0.15, 0.2) is 99.1 Å². The van der Waals surface area contributed by atoms with Gasteiger partial charge in [-0.2, -0.15) is 11.3 Å². The van der Waals surface area contributed by atoms with E-state index in [9.17, 15) is 9.90 Å². The molecule has 0 bridgehead atoms. The zero-order chi connectivity index (χ0) is 26.1. The third-order valence-corrected chi connectivity index (χ3v) is 9.35. The predicted molar refractivity (Wildman–Crippen MR) is 152 cm³/mol. The lowest BCUT2D eigenvalue weighted by atomic mass is 9.82. The van der Waals surface area contributed by atoms with Crippen LogP contribution in [-0.2, 0) is 16.8 Å². The van der Waals surface area contributed by atoms with E-state index in [1.54, 1.807) is 6.07 Å². The molecule has 1 amide bonds. The molecule has 5 nitrogen and oxygen atoms in total. The van der Waals surface area contributed by atoms with Crippen molar-refractivity contribution in [3.05, 3.63) is 122 Å². The zero-order valence-electron chi connectivity index (χ0n) is 20.4.